The van der Waals surface area contributed by atoms with E-state index >= 15 is 0 Å². The summed E-state index contributed by atoms with van der Waals surface area (Å²) in [6, 6.07) is 5.90. The Bertz CT molecular complexity index is 817. The molecule has 0 radical (unpaired) electrons. The van der Waals surface area contributed by atoms with Gasteiger partial charge in [-0.3, -0.25) is 9.48 Å². The normalized spacial score (nSPS) is 11.4. The first-order valence-corrected chi connectivity index (χ1v) is 8.85. The Morgan fingerprint density at radius 1 is 1.38 bits per heavy atom. The van der Waals surface area contributed by atoms with Crippen molar-refractivity contribution >= 4 is 47.3 Å². The molecule has 112 valence electrons. The van der Waals surface area contributed by atoms with E-state index in [9.17, 15) is 13.2 Å². The number of carbonyl (C=O) groups excluding carboxylic acids is 1. The molecule has 0 spiro atoms. The maximum Gasteiger partial charge on any atom is 0.273 e. The summed E-state index contributed by atoms with van der Waals surface area (Å²) in [6.07, 6.45) is 0. The standard InChI is InChI=1S/C12H11BrClN3O3S/c1-7-5-10(17(2)16-7)12(18)15-8-3-4-11(9(13)6-8)21(14,19)20/h3-6H,1-2H3,(H,15,18). The zero-order chi connectivity index (χ0) is 15.8. The number of anilines is 1. The van der Waals surface area contributed by atoms with E-state index in [-0.39, 0.29) is 15.3 Å². The number of amides is 1. The molecule has 0 aliphatic rings. The Morgan fingerprint density at radius 3 is 2.52 bits per heavy atom. The first-order chi connectivity index (χ1) is 9.68. The van der Waals surface area contributed by atoms with Crippen LogP contribution in [0.1, 0.15) is 16.2 Å². The third-order valence-corrected chi connectivity index (χ3v) is 4.99. The number of halogens is 2. The van der Waals surface area contributed by atoms with E-state index in [1.807, 2.05) is 0 Å². The minimum atomic E-state index is -3.84. The molecule has 1 heterocycles. The minimum absolute atomic E-state index is 0.0569. The molecule has 0 aliphatic heterocycles. The number of hydrogen-bond donors (Lipinski definition) is 1. The van der Waals surface area contributed by atoms with Crippen LogP contribution in [-0.2, 0) is 16.1 Å². The van der Waals surface area contributed by atoms with Gasteiger partial charge in [0.05, 0.1) is 10.6 Å². The predicted molar refractivity (Wildman–Crippen MR) is 83.1 cm³/mol. The number of carbonyl (C=O) groups is 1. The van der Waals surface area contributed by atoms with Gasteiger partial charge in [0.2, 0.25) is 0 Å². The van der Waals surface area contributed by atoms with Crippen molar-refractivity contribution in [2.45, 2.75) is 11.8 Å². The summed E-state index contributed by atoms with van der Waals surface area (Å²) in [5.74, 6) is -0.341. The van der Waals surface area contributed by atoms with Gasteiger partial charge in [0, 0.05) is 27.9 Å². The van der Waals surface area contributed by atoms with Crippen molar-refractivity contribution in [1.82, 2.24) is 9.78 Å². The molecule has 2 aromatic rings. The monoisotopic (exact) mass is 391 g/mol. The number of aromatic nitrogens is 2. The summed E-state index contributed by atoms with van der Waals surface area (Å²) >= 11 is 3.12. The Labute approximate surface area is 134 Å². The van der Waals surface area contributed by atoms with Crippen LogP contribution in [0.25, 0.3) is 0 Å². The molecule has 6 nitrogen and oxygen atoms in total. The van der Waals surface area contributed by atoms with Gasteiger partial charge < -0.3 is 5.32 Å². The molecule has 9 heteroatoms. The third kappa shape index (κ3) is 3.63. The quantitative estimate of drug-likeness (QED) is 0.814. The van der Waals surface area contributed by atoms with Crippen molar-refractivity contribution in [2.24, 2.45) is 7.05 Å². The van der Waals surface area contributed by atoms with Crippen molar-refractivity contribution < 1.29 is 13.2 Å². The van der Waals surface area contributed by atoms with E-state index in [4.69, 9.17) is 10.7 Å². The maximum absolute atomic E-state index is 12.1. The van der Waals surface area contributed by atoms with Crippen molar-refractivity contribution in [2.75, 3.05) is 5.32 Å². The highest BCUT2D eigenvalue weighted by molar-refractivity contribution is 9.10. The SMILES string of the molecule is Cc1cc(C(=O)Nc2ccc(S(=O)(=O)Cl)c(Br)c2)n(C)n1. The van der Waals surface area contributed by atoms with Crippen molar-refractivity contribution in [1.29, 1.82) is 0 Å². The van der Waals surface area contributed by atoms with Crippen LogP contribution in [0.3, 0.4) is 0 Å². The van der Waals surface area contributed by atoms with E-state index in [1.165, 1.54) is 22.9 Å². The first kappa shape index (κ1) is 16.0. The number of rotatable bonds is 3. The molecule has 1 N–H and O–H groups in total. The zero-order valence-corrected chi connectivity index (χ0v) is 14.3. The zero-order valence-electron chi connectivity index (χ0n) is 11.1. The highest BCUT2D eigenvalue weighted by Crippen LogP contribution is 2.28. The highest BCUT2D eigenvalue weighted by atomic mass is 79.9. The molecule has 0 bridgehead atoms. The second kappa shape index (κ2) is 5.78. The Kier molecular flexibility index (Phi) is 4.40. The lowest BCUT2D eigenvalue weighted by Crippen LogP contribution is -2.16. The smallest absolute Gasteiger partial charge is 0.273 e. The van der Waals surface area contributed by atoms with Crippen LogP contribution >= 0.6 is 26.6 Å². The van der Waals surface area contributed by atoms with E-state index in [0.29, 0.717) is 11.4 Å². The predicted octanol–water partition coefficient (Wildman–Crippen LogP) is 2.67. The van der Waals surface area contributed by atoms with Gasteiger partial charge in [-0.05, 0) is 47.1 Å². The van der Waals surface area contributed by atoms with Gasteiger partial charge in [-0.1, -0.05) is 0 Å². The Morgan fingerprint density at radius 2 is 2.05 bits per heavy atom. The summed E-state index contributed by atoms with van der Waals surface area (Å²) < 4.78 is 24.3. The number of nitrogens with one attached hydrogen (secondary N) is 1. The minimum Gasteiger partial charge on any atom is -0.321 e. The average Bonchev–Trinajstić information content (AvgIpc) is 2.67. The fraction of sp³-hybridized carbons (Fsp3) is 0.167. The molecule has 0 unspecified atom stereocenters. The second-order valence-corrected chi connectivity index (χ2v) is 7.72. The number of aryl methyl sites for hydroxylation is 2. The topological polar surface area (TPSA) is 81.1 Å². The molecule has 0 atom stereocenters. The summed E-state index contributed by atoms with van der Waals surface area (Å²) in [5, 5.41) is 6.75. The van der Waals surface area contributed by atoms with Crippen LogP contribution in [0.4, 0.5) is 5.69 Å². The summed E-state index contributed by atoms with van der Waals surface area (Å²) in [6.45, 7) is 1.79. The van der Waals surface area contributed by atoms with Gasteiger partial charge in [-0.15, -0.1) is 0 Å². The lowest BCUT2D eigenvalue weighted by molar-refractivity contribution is 0.101. The fourth-order valence-electron chi connectivity index (χ4n) is 1.79. The number of hydrogen-bond acceptors (Lipinski definition) is 4. The largest absolute Gasteiger partial charge is 0.321 e. The van der Waals surface area contributed by atoms with Gasteiger partial charge in [-0.2, -0.15) is 5.10 Å². The summed E-state index contributed by atoms with van der Waals surface area (Å²) in [7, 11) is 3.12. The molecular weight excluding hydrogens is 382 g/mol. The van der Waals surface area contributed by atoms with Gasteiger partial charge >= 0.3 is 0 Å². The van der Waals surface area contributed by atoms with Gasteiger partial charge in [0.1, 0.15) is 5.69 Å². The molecule has 0 aliphatic carbocycles. The van der Waals surface area contributed by atoms with Crippen molar-refractivity contribution in [3.05, 3.63) is 40.1 Å². The lowest BCUT2D eigenvalue weighted by Gasteiger charge is -2.07. The molecule has 1 amide bonds. The molecule has 0 fully saturated rings. The van der Waals surface area contributed by atoms with Gasteiger partial charge in [-0.25, -0.2) is 8.42 Å². The van der Waals surface area contributed by atoms with Crippen molar-refractivity contribution in [3.63, 3.8) is 0 Å². The average molecular weight is 393 g/mol. The molecular formula is C12H11BrClN3O3S. The van der Waals surface area contributed by atoms with Crippen LogP contribution in [0, 0.1) is 6.92 Å². The van der Waals surface area contributed by atoms with Gasteiger partial charge in [0.25, 0.3) is 15.0 Å². The van der Waals surface area contributed by atoms with Crippen molar-refractivity contribution in [3.8, 4) is 0 Å². The first-order valence-electron chi connectivity index (χ1n) is 5.74. The molecule has 0 saturated carbocycles. The lowest BCUT2D eigenvalue weighted by atomic mass is 10.3. The molecule has 2 rings (SSSR count). The highest BCUT2D eigenvalue weighted by Gasteiger charge is 2.16. The van der Waals surface area contributed by atoms with Crippen LogP contribution in [-0.4, -0.2) is 24.1 Å². The molecule has 1 aromatic carbocycles. The molecule has 1 aromatic heterocycles. The number of benzene rings is 1. The maximum atomic E-state index is 12.1. The van der Waals surface area contributed by atoms with E-state index in [1.54, 1.807) is 20.0 Å². The third-order valence-electron chi connectivity index (χ3n) is 2.69. The van der Waals surface area contributed by atoms with Crippen LogP contribution in [0.2, 0.25) is 0 Å². The van der Waals surface area contributed by atoms with Crippen LogP contribution in [0.5, 0.6) is 0 Å². The molecule has 0 saturated heterocycles. The van der Waals surface area contributed by atoms with Crippen LogP contribution in [0.15, 0.2) is 33.6 Å². The number of nitrogens with zero attached hydrogens (tertiary/aromatic N) is 2. The van der Waals surface area contributed by atoms with Gasteiger partial charge in [0.15, 0.2) is 0 Å². The Balaban J connectivity index is 2.27. The fourth-order valence-corrected chi connectivity index (χ4v) is 4.02. The second-order valence-electron chi connectivity index (χ2n) is 4.33. The Hall–Kier alpha value is -1.38. The molecule has 21 heavy (non-hydrogen) atoms. The van der Waals surface area contributed by atoms with Crippen LogP contribution < -0.4 is 5.32 Å². The summed E-state index contributed by atoms with van der Waals surface area (Å²) in [4.78, 5) is 12.1. The van der Waals surface area contributed by atoms with E-state index < -0.39 is 9.05 Å². The van der Waals surface area contributed by atoms with E-state index in [2.05, 4.69) is 26.3 Å². The summed E-state index contributed by atoms with van der Waals surface area (Å²) in [5.41, 5.74) is 1.57. The van der Waals surface area contributed by atoms with E-state index in [0.717, 1.165) is 5.69 Å².